The number of thiazole rings is 1. The third-order valence-corrected chi connectivity index (χ3v) is 7.99. The highest BCUT2D eigenvalue weighted by molar-refractivity contribution is 7.21. The molecule has 4 heterocycles. The molecule has 2 aliphatic carbocycles. The molecule has 6 rings (SSSR count). The van der Waals surface area contributed by atoms with Gasteiger partial charge in [-0.3, -0.25) is 9.78 Å². The molecule has 2 saturated carbocycles. The average Bonchev–Trinajstić information content (AvgIpc) is 3.46. The molecule has 3 N–H and O–H groups in total. The molecule has 0 aromatic carbocycles. The predicted molar refractivity (Wildman–Crippen MR) is 131 cm³/mol. The quantitative estimate of drug-likeness (QED) is 0.438. The smallest absolute Gasteiger partial charge is 0.314 e. The van der Waals surface area contributed by atoms with Crippen LogP contribution in [0.2, 0.25) is 0 Å². The van der Waals surface area contributed by atoms with Gasteiger partial charge in [-0.1, -0.05) is 0 Å². The zero-order valence-electron chi connectivity index (χ0n) is 19.8. The Kier molecular flexibility index (Phi) is 5.58. The fourth-order valence-electron chi connectivity index (χ4n) is 4.90. The molecule has 5 atom stereocenters. The number of rotatable bonds is 6. The van der Waals surface area contributed by atoms with Crippen molar-refractivity contribution >= 4 is 39.3 Å². The first-order chi connectivity index (χ1) is 16.9. The van der Waals surface area contributed by atoms with E-state index in [9.17, 15) is 9.90 Å². The Labute approximate surface area is 206 Å². The summed E-state index contributed by atoms with van der Waals surface area (Å²) in [6.07, 6.45) is 2.44. The Balaban J connectivity index is 1.37. The van der Waals surface area contributed by atoms with Crippen LogP contribution in [0.15, 0.2) is 12.3 Å². The molecule has 11 heteroatoms. The zero-order chi connectivity index (χ0) is 24.3. The van der Waals surface area contributed by atoms with Crippen molar-refractivity contribution in [3.8, 4) is 10.6 Å². The Bertz CT molecular complexity index is 1290. The number of aromatic nitrogens is 4. The van der Waals surface area contributed by atoms with Gasteiger partial charge in [-0.2, -0.15) is 4.98 Å². The number of anilines is 2. The average molecular weight is 497 g/mol. The minimum Gasteiger partial charge on any atom is -0.436 e. The summed E-state index contributed by atoms with van der Waals surface area (Å²) in [7, 11) is 0. The SMILES string of the molecule is Cc1nc(NCC2CC2)nc(N[C@@H]2C[C@@H]3C(=O)OC(C)O[C@H]3[C@H]2O)c1-c1nc2c(C)nccc2s1. The number of carbonyl (C=O) groups excluding carboxylic acids is 1. The van der Waals surface area contributed by atoms with E-state index in [1.807, 2.05) is 19.9 Å². The van der Waals surface area contributed by atoms with Gasteiger partial charge in [0.1, 0.15) is 28.6 Å². The number of hydrogen-bond acceptors (Lipinski definition) is 11. The van der Waals surface area contributed by atoms with Crippen LogP contribution in [0.25, 0.3) is 20.8 Å². The lowest BCUT2D eigenvalue weighted by atomic mass is 10.1. The van der Waals surface area contributed by atoms with E-state index >= 15 is 0 Å². The molecule has 184 valence electrons. The van der Waals surface area contributed by atoms with Gasteiger partial charge in [-0.05, 0) is 52.0 Å². The third kappa shape index (κ3) is 4.21. The number of pyridine rings is 1. The Morgan fingerprint density at radius 1 is 1.20 bits per heavy atom. The Hall–Kier alpha value is -2.89. The fourth-order valence-corrected chi connectivity index (χ4v) is 6.01. The van der Waals surface area contributed by atoms with E-state index in [1.165, 1.54) is 12.8 Å². The number of aryl methyl sites for hydroxylation is 2. The van der Waals surface area contributed by atoms with Crippen molar-refractivity contribution in [1.29, 1.82) is 0 Å². The number of esters is 1. The normalized spacial score (nSPS) is 28.1. The van der Waals surface area contributed by atoms with Crippen molar-refractivity contribution in [3.63, 3.8) is 0 Å². The maximum absolute atomic E-state index is 12.4. The van der Waals surface area contributed by atoms with Gasteiger partial charge in [0.2, 0.25) is 12.2 Å². The number of nitrogens with zero attached hydrogens (tertiary/aromatic N) is 4. The highest BCUT2D eigenvalue weighted by Crippen LogP contribution is 2.40. The molecule has 1 aliphatic heterocycles. The van der Waals surface area contributed by atoms with Crippen LogP contribution in [0.5, 0.6) is 0 Å². The minimum atomic E-state index is -0.886. The first-order valence-electron chi connectivity index (χ1n) is 12.0. The molecule has 0 spiro atoms. The molecule has 10 nitrogen and oxygen atoms in total. The summed E-state index contributed by atoms with van der Waals surface area (Å²) < 4.78 is 12.0. The van der Waals surface area contributed by atoms with E-state index in [0.29, 0.717) is 24.1 Å². The number of aliphatic hydroxyl groups excluding tert-OH is 1. The maximum atomic E-state index is 12.4. The maximum Gasteiger partial charge on any atom is 0.314 e. The number of nitrogens with one attached hydrogen (secondary N) is 2. The zero-order valence-corrected chi connectivity index (χ0v) is 20.6. The van der Waals surface area contributed by atoms with Crippen molar-refractivity contribution in [2.45, 2.75) is 64.6 Å². The molecule has 3 fully saturated rings. The van der Waals surface area contributed by atoms with Gasteiger partial charge in [-0.25, -0.2) is 9.97 Å². The van der Waals surface area contributed by atoms with E-state index in [0.717, 1.165) is 38.7 Å². The summed E-state index contributed by atoms with van der Waals surface area (Å²) >= 11 is 1.55. The van der Waals surface area contributed by atoms with Crippen molar-refractivity contribution in [2.75, 3.05) is 17.2 Å². The monoisotopic (exact) mass is 496 g/mol. The number of hydrogen-bond donors (Lipinski definition) is 3. The second-order valence-corrected chi connectivity index (χ2v) is 10.7. The molecule has 1 saturated heterocycles. The topological polar surface area (TPSA) is 131 Å². The van der Waals surface area contributed by atoms with Crippen LogP contribution in [-0.2, 0) is 14.3 Å². The third-order valence-electron chi connectivity index (χ3n) is 6.95. The standard InChI is InChI=1S/C24H28N6O4S/c1-10-17(22-29-18-11(2)25-7-6-16(18)35-22)21(30-24(27-10)26-9-13-4-5-13)28-15-8-14-20(19(15)31)33-12(3)34-23(14)32/h6-7,12-15,19-20,31H,4-5,8-9H2,1-3H3,(H2,26,27,28,30)/t12?,14-,15+,19-,20+/m0/s1. The van der Waals surface area contributed by atoms with Gasteiger partial charge in [0.25, 0.3) is 0 Å². The van der Waals surface area contributed by atoms with Crippen molar-refractivity contribution < 1.29 is 19.4 Å². The summed E-state index contributed by atoms with van der Waals surface area (Å²) in [6.45, 7) is 6.37. The summed E-state index contributed by atoms with van der Waals surface area (Å²) in [5, 5.41) is 18.6. The van der Waals surface area contributed by atoms with Crippen LogP contribution in [0.3, 0.4) is 0 Å². The number of fused-ring (bicyclic) bond motifs is 2. The summed E-state index contributed by atoms with van der Waals surface area (Å²) in [5.41, 5.74) is 3.27. The minimum absolute atomic E-state index is 0.336. The lowest BCUT2D eigenvalue weighted by molar-refractivity contribution is -0.230. The predicted octanol–water partition coefficient (Wildman–Crippen LogP) is 3.04. The van der Waals surface area contributed by atoms with E-state index in [-0.39, 0.29) is 5.97 Å². The second kappa shape index (κ2) is 8.65. The fraction of sp³-hybridized carbons (Fsp3) is 0.542. The molecule has 35 heavy (non-hydrogen) atoms. The highest BCUT2D eigenvalue weighted by atomic mass is 32.1. The van der Waals surface area contributed by atoms with Crippen molar-refractivity contribution in [1.82, 2.24) is 19.9 Å². The van der Waals surface area contributed by atoms with Gasteiger partial charge >= 0.3 is 5.97 Å². The molecule has 0 amide bonds. The number of aliphatic hydroxyl groups is 1. The molecule has 0 bridgehead atoms. The number of carbonyl (C=O) groups is 1. The van der Waals surface area contributed by atoms with Crippen molar-refractivity contribution in [2.24, 2.45) is 11.8 Å². The van der Waals surface area contributed by atoms with Gasteiger partial charge in [-0.15, -0.1) is 11.3 Å². The van der Waals surface area contributed by atoms with E-state index in [1.54, 1.807) is 24.5 Å². The van der Waals surface area contributed by atoms with Gasteiger partial charge in [0.05, 0.1) is 33.6 Å². The van der Waals surface area contributed by atoms with Crippen LogP contribution in [-0.4, -0.2) is 62.1 Å². The first kappa shape index (κ1) is 22.6. The van der Waals surface area contributed by atoms with E-state index in [2.05, 4.69) is 15.6 Å². The largest absolute Gasteiger partial charge is 0.436 e. The molecular formula is C24H28N6O4S. The van der Waals surface area contributed by atoms with Crippen molar-refractivity contribution in [3.05, 3.63) is 23.7 Å². The number of ether oxygens (including phenoxy) is 2. The molecule has 3 aromatic heterocycles. The van der Waals surface area contributed by atoms with Crippen LogP contribution in [0.1, 0.15) is 37.6 Å². The van der Waals surface area contributed by atoms with Gasteiger partial charge in [0.15, 0.2) is 0 Å². The molecule has 0 radical (unpaired) electrons. The van der Waals surface area contributed by atoms with Crippen LogP contribution in [0, 0.1) is 25.7 Å². The molecule has 1 unspecified atom stereocenters. The van der Waals surface area contributed by atoms with E-state index in [4.69, 9.17) is 24.4 Å². The van der Waals surface area contributed by atoms with Crippen LogP contribution >= 0.6 is 11.3 Å². The summed E-state index contributed by atoms with van der Waals surface area (Å²) in [5.74, 6) is 0.920. The summed E-state index contributed by atoms with van der Waals surface area (Å²) in [4.78, 5) is 31.2. The highest BCUT2D eigenvalue weighted by Gasteiger charge is 2.51. The number of cyclic esters (lactones) is 1. The Morgan fingerprint density at radius 3 is 2.80 bits per heavy atom. The van der Waals surface area contributed by atoms with Gasteiger partial charge < -0.3 is 25.2 Å². The van der Waals surface area contributed by atoms with Crippen LogP contribution in [0.4, 0.5) is 11.8 Å². The molecule has 3 aromatic rings. The molecular weight excluding hydrogens is 468 g/mol. The van der Waals surface area contributed by atoms with E-state index < -0.39 is 30.5 Å². The van der Waals surface area contributed by atoms with Gasteiger partial charge in [0, 0.05) is 12.7 Å². The second-order valence-electron chi connectivity index (χ2n) is 9.63. The Morgan fingerprint density at radius 2 is 2.03 bits per heavy atom. The lowest BCUT2D eigenvalue weighted by Gasteiger charge is -2.31. The molecule has 3 aliphatic rings. The summed E-state index contributed by atoms with van der Waals surface area (Å²) in [6, 6.07) is 1.51. The first-order valence-corrected chi connectivity index (χ1v) is 12.8. The lowest BCUT2D eigenvalue weighted by Crippen LogP contribution is -2.45. The van der Waals surface area contributed by atoms with Crippen LogP contribution < -0.4 is 10.6 Å².